The first kappa shape index (κ1) is 14.2. The van der Waals surface area contributed by atoms with Crippen molar-refractivity contribution < 1.29 is 9.59 Å². The molecule has 5 heteroatoms. The van der Waals surface area contributed by atoms with E-state index >= 15 is 0 Å². The van der Waals surface area contributed by atoms with Crippen molar-refractivity contribution in [2.75, 3.05) is 6.54 Å². The van der Waals surface area contributed by atoms with Crippen molar-refractivity contribution in [1.82, 2.24) is 15.2 Å². The number of carbonyl (C=O) groups excluding carboxylic acids is 2. The van der Waals surface area contributed by atoms with Gasteiger partial charge in [-0.1, -0.05) is 18.9 Å². The number of carbonyl (C=O) groups is 2. The first-order chi connectivity index (χ1) is 11.2. The lowest BCUT2D eigenvalue weighted by molar-refractivity contribution is -0.127. The predicted octanol–water partition coefficient (Wildman–Crippen LogP) is 2.12. The van der Waals surface area contributed by atoms with E-state index in [0.29, 0.717) is 5.56 Å². The van der Waals surface area contributed by atoms with Gasteiger partial charge in [-0.25, -0.2) is 0 Å². The normalized spacial score (nSPS) is 24.2. The second-order valence-corrected chi connectivity index (χ2v) is 6.37. The summed E-state index contributed by atoms with van der Waals surface area (Å²) in [6, 6.07) is 9.59. The molecule has 1 aromatic heterocycles. The lowest BCUT2D eigenvalue weighted by Crippen LogP contribution is -2.62. The van der Waals surface area contributed by atoms with Gasteiger partial charge in [-0.05, 0) is 37.1 Å². The largest absolute Gasteiger partial charge is 0.350 e. The second kappa shape index (κ2) is 5.65. The minimum absolute atomic E-state index is 0.0519. The molecule has 1 aliphatic carbocycles. The predicted molar refractivity (Wildman–Crippen MR) is 87.0 cm³/mol. The Morgan fingerprint density at radius 2 is 2.09 bits per heavy atom. The van der Waals surface area contributed by atoms with Gasteiger partial charge in [-0.3, -0.25) is 14.6 Å². The summed E-state index contributed by atoms with van der Waals surface area (Å²) in [7, 11) is 0. The molecular weight excluding hydrogens is 290 g/mol. The van der Waals surface area contributed by atoms with Gasteiger partial charge in [0.2, 0.25) is 5.91 Å². The van der Waals surface area contributed by atoms with E-state index in [2.05, 4.69) is 10.3 Å². The standard InChI is InChI=1S/C18H19N3O2/c22-17-11-21(16-6-2-1-5-15(16)20-17)18(23)13-7-8-14-12(10-13)4-3-9-19-14/h3-4,7-10,15-16H,1-2,5-6,11H2,(H,20,22)/t15-,16-/m1/s1. The van der Waals surface area contributed by atoms with Gasteiger partial charge in [0.05, 0.1) is 11.6 Å². The molecule has 2 fully saturated rings. The Kier molecular flexibility index (Phi) is 3.48. The Hall–Kier alpha value is -2.43. The quantitative estimate of drug-likeness (QED) is 0.877. The number of amides is 2. The first-order valence-corrected chi connectivity index (χ1v) is 8.17. The summed E-state index contributed by atoms with van der Waals surface area (Å²) in [6.45, 7) is 0.158. The highest BCUT2D eigenvalue weighted by molar-refractivity contribution is 6.00. The first-order valence-electron chi connectivity index (χ1n) is 8.17. The van der Waals surface area contributed by atoms with Gasteiger partial charge in [0, 0.05) is 23.2 Å². The molecule has 2 aliphatic rings. The molecule has 1 N–H and O–H groups in total. The number of benzene rings is 1. The maximum Gasteiger partial charge on any atom is 0.254 e. The van der Waals surface area contributed by atoms with Crippen LogP contribution in [0.25, 0.3) is 10.9 Å². The number of hydrogen-bond donors (Lipinski definition) is 1. The van der Waals surface area contributed by atoms with Gasteiger partial charge in [-0.15, -0.1) is 0 Å². The molecule has 1 aromatic carbocycles. The fourth-order valence-electron chi connectivity index (χ4n) is 3.77. The maximum atomic E-state index is 13.0. The molecule has 1 saturated carbocycles. The summed E-state index contributed by atoms with van der Waals surface area (Å²) in [5.74, 6) is -0.105. The van der Waals surface area contributed by atoms with E-state index in [1.165, 1.54) is 0 Å². The molecule has 118 valence electrons. The molecule has 2 amide bonds. The Labute approximate surface area is 134 Å². The summed E-state index contributed by atoms with van der Waals surface area (Å²) in [5.41, 5.74) is 1.50. The minimum Gasteiger partial charge on any atom is -0.350 e. The smallest absolute Gasteiger partial charge is 0.254 e. The monoisotopic (exact) mass is 309 g/mol. The maximum absolute atomic E-state index is 13.0. The van der Waals surface area contributed by atoms with Crippen LogP contribution in [0, 0.1) is 0 Å². The molecule has 0 unspecified atom stereocenters. The molecule has 2 aromatic rings. The molecule has 0 bridgehead atoms. The van der Waals surface area contributed by atoms with Gasteiger partial charge in [0.15, 0.2) is 0 Å². The van der Waals surface area contributed by atoms with Gasteiger partial charge < -0.3 is 10.2 Å². The van der Waals surface area contributed by atoms with E-state index in [1.807, 2.05) is 30.3 Å². The van der Waals surface area contributed by atoms with Crippen LogP contribution in [-0.2, 0) is 4.79 Å². The summed E-state index contributed by atoms with van der Waals surface area (Å²) in [4.78, 5) is 31.0. The average molecular weight is 309 g/mol. The lowest BCUT2D eigenvalue weighted by atomic mass is 9.87. The molecular formula is C18H19N3O2. The van der Waals surface area contributed by atoms with Crippen LogP contribution in [0.2, 0.25) is 0 Å². The average Bonchev–Trinajstić information content (AvgIpc) is 2.60. The molecule has 5 nitrogen and oxygen atoms in total. The van der Waals surface area contributed by atoms with Gasteiger partial charge in [-0.2, -0.15) is 0 Å². The van der Waals surface area contributed by atoms with E-state index < -0.39 is 0 Å². The minimum atomic E-state index is -0.0532. The Morgan fingerprint density at radius 1 is 1.22 bits per heavy atom. The van der Waals surface area contributed by atoms with Crippen molar-refractivity contribution in [3.63, 3.8) is 0 Å². The van der Waals surface area contributed by atoms with Crippen LogP contribution in [0.1, 0.15) is 36.0 Å². The number of nitrogens with zero attached hydrogens (tertiary/aromatic N) is 2. The van der Waals surface area contributed by atoms with E-state index in [-0.39, 0.29) is 30.4 Å². The van der Waals surface area contributed by atoms with E-state index in [4.69, 9.17) is 0 Å². The van der Waals surface area contributed by atoms with Crippen LogP contribution in [0.4, 0.5) is 0 Å². The third-order valence-electron chi connectivity index (χ3n) is 4.90. The summed E-state index contributed by atoms with van der Waals surface area (Å²) in [5, 5.41) is 3.99. The highest BCUT2D eigenvalue weighted by atomic mass is 16.2. The van der Waals surface area contributed by atoms with E-state index in [1.54, 1.807) is 11.1 Å². The third-order valence-corrected chi connectivity index (χ3v) is 4.90. The summed E-state index contributed by atoms with van der Waals surface area (Å²) < 4.78 is 0. The van der Waals surface area contributed by atoms with Crippen molar-refractivity contribution in [1.29, 1.82) is 0 Å². The zero-order valence-electron chi connectivity index (χ0n) is 12.9. The number of hydrogen-bond acceptors (Lipinski definition) is 3. The number of piperazine rings is 1. The van der Waals surface area contributed by atoms with Crippen LogP contribution in [0.15, 0.2) is 36.5 Å². The molecule has 0 spiro atoms. The van der Waals surface area contributed by atoms with Crippen molar-refractivity contribution in [3.8, 4) is 0 Å². The Bertz CT molecular complexity index is 774. The number of nitrogens with one attached hydrogen (secondary N) is 1. The number of fused-ring (bicyclic) bond motifs is 2. The zero-order valence-corrected chi connectivity index (χ0v) is 12.9. The van der Waals surface area contributed by atoms with Gasteiger partial charge in [0.1, 0.15) is 6.54 Å². The fourth-order valence-corrected chi connectivity index (χ4v) is 3.77. The molecule has 2 atom stereocenters. The van der Waals surface area contributed by atoms with E-state index in [0.717, 1.165) is 36.6 Å². The van der Waals surface area contributed by atoms with Crippen LogP contribution < -0.4 is 5.32 Å². The molecule has 1 aliphatic heterocycles. The van der Waals surface area contributed by atoms with Crippen LogP contribution in [-0.4, -0.2) is 40.3 Å². The highest BCUT2D eigenvalue weighted by Crippen LogP contribution is 2.27. The van der Waals surface area contributed by atoms with Crippen molar-refractivity contribution in [2.24, 2.45) is 0 Å². The molecule has 23 heavy (non-hydrogen) atoms. The Balaban J connectivity index is 1.66. The van der Waals surface area contributed by atoms with Crippen LogP contribution in [0.3, 0.4) is 0 Å². The van der Waals surface area contributed by atoms with Crippen molar-refractivity contribution in [2.45, 2.75) is 37.8 Å². The topological polar surface area (TPSA) is 62.3 Å². The SMILES string of the molecule is O=C1CN(C(=O)c2ccc3ncccc3c2)[C@@H]2CCCC[C@H]2N1. The van der Waals surface area contributed by atoms with Gasteiger partial charge >= 0.3 is 0 Å². The molecule has 4 rings (SSSR count). The summed E-state index contributed by atoms with van der Waals surface area (Å²) >= 11 is 0. The molecule has 0 radical (unpaired) electrons. The van der Waals surface area contributed by atoms with Crippen LogP contribution in [0.5, 0.6) is 0 Å². The lowest BCUT2D eigenvalue weighted by Gasteiger charge is -2.44. The number of rotatable bonds is 1. The number of pyridine rings is 1. The van der Waals surface area contributed by atoms with E-state index in [9.17, 15) is 9.59 Å². The second-order valence-electron chi connectivity index (χ2n) is 6.37. The fraction of sp³-hybridized carbons (Fsp3) is 0.389. The van der Waals surface area contributed by atoms with Crippen molar-refractivity contribution in [3.05, 3.63) is 42.1 Å². The zero-order chi connectivity index (χ0) is 15.8. The van der Waals surface area contributed by atoms with Gasteiger partial charge in [0.25, 0.3) is 5.91 Å². The summed E-state index contributed by atoms with van der Waals surface area (Å²) in [6.07, 6.45) is 5.90. The third kappa shape index (κ3) is 2.56. The molecule has 1 saturated heterocycles. The Morgan fingerprint density at radius 3 is 3.00 bits per heavy atom. The highest BCUT2D eigenvalue weighted by Gasteiger charge is 2.39. The molecule has 2 heterocycles. The van der Waals surface area contributed by atoms with Crippen LogP contribution >= 0.6 is 0 Å². The van der Waals surface area contributed by atoms with Crippen molar-refractivity contribution >= 4 is 22.7 Å². The number of aromatic nitrogens is 1.